The molecule has 6 heteroatoms. The summed E-state index contributed by atoms with van der Waals surface area (Å²) in [7, 11) is 3.88. The number of carbonyl (C=O) groups excluding carboxylic acids is 1. The molecule has 1 aliphatic heterocycles. The number of aliphatic hydroxyl groups is 1. The zero-order chi connectivity index (χ0) is 17.4. The van der Waals surface area contributed by atoms with Crippen molar-refractivity contribution in [3.63, 3.8) is 0 Å². The van der Waals surface area contributed by atoms with Crippen LogP contribution < -0.4 is 0 Å². The summed E-state index contributed by atoms with van der Waals surface area (Å²) in [5.41, 5.74) is 2.89. The summed E-state index contributed by atoms with van der Waals surface area (Å²) in [5, 5.41) is 10.6. The minimum absolute atomic E-state index is 0.0983. The molecular formula is C18H26N4O2. The molecule has 2 aromatic heterocycles. The molecule has 1 amide bonds. The molecular weight excluding hydrogens is 304 g/mol. The van der Waals surface area contributed by atoms with E-state index in [1.807, 2.05) is 54.2 Å². The van der Waals surface area contributed by atoms with Gasteiger partial charge >= 0.3 is 0 Å². The van der Waals surface area contributed by atoms with E-state index < -0.39 is 6.10 Å². The Labute approximate surface area is 142 Å². The molecule has 1 atom stereocenters. The van der Waals surface area contributed by atoms with Gasteiger partial charge in [0, 0.05) is 51.0 Å². The lowest BCUT2D eigenvalue weighted by Crippen LogP contribution is -2.40. The zero-order valence-corrected chi connectivity index (χ0v) is 14.9. The smallest absolute Gasteiger partial charge is 0.255 e. The molecule has 1 unspecified atom stereocenters. The van der Waals surface area contributed by atoms with Gasteiger partial charge in [0.25, 0.3) is 5.91 Å². The van der Waals surface area contributed by atoms with Crippen LogP contribution in [0, 0.1) is 19.8 Å². The van der Waals surface area contributed by atoms with Gasteiger partial charge < -0.3 is 19.1 Å². The fourth-order valence-corrected chi connectivity index (χ4v) is 3.53. The van der Waals surface area contributed by atoms with Crippen LogP contribution in [-0.2, 0) is 14.1 Å². The Morgan fingerprint density at radius 1 is 1.29 bits per heavy atom. The molecule has 1 saturated heterocycles. The van der Waals surface area contributed by atoms with E-state index in [9.17, 15) is 9.90 Å². The van der Waals surface area contributed by atoms with Gasteiger partial charge in [-0.1, -0.05) is 0 Å². The van der Waals surface area contributed by atoms with Crippen molar-refractivity contribution in [3.8, 4) is 0 Å². The van der Waals surface area contributed by atoms with Crippen molar-refractivity contribution in [1.82, 2.24) is 19.0 Å². The second-order valence-electron chi connectivity index (χ2n) is 6.81. The van der Waals surface area contributed by atoms with Gasteiger partial charge in [0.15, 0.2) is 0 Å². The third-order valence-corrected chi connectivity index (χ3v) is 5.40. The summed E-state index contributed by atoms with van der Waals surface area (Å²) in [6.45, 7) is 5.35. The van der Waals surface area contributed by atoms with E-state index in [1.165, 1.54) is 0 Å². The minimum atomic E-state index is -0.567. The van der Waals surface area contributed by atoms with Crippen LogP contribution in [0.2, 0.25) is 0 Å². The van der Waals surface area contributed by atoms with Crippen LogP contribution in [-0.4, -0.2) is 43.1 Å². The van der Waals surface area contributed by atoms with Crippen molar-refractivity contribution in [1.29, 1.82) is 0 Å². The average molecular weight is 330 g/mol. The quantitative estimate of drug-likeness (QED) is 0.936. The highest BCUT2D eigenvalue weighted by molar-refractivity contribution is 5.95. The molecule has 0 radical (unpaired) electrons. The lowest BCUT2D eigenvalue weighted by atomic mass is 9.90. The molecule has 1 fully saturated rings. The molecule has 130 valence electrons. The number of nitrogens with zero attached hydrogens (tertiary/aromatic N) is 4. The van der Waals surface area contributed by atoms with Crippen LogP contribution in [0.5, 0.6) is 0 Å². The molecule has 0 spiro atoms. The normalized spacial score (nSPS) is 17.3. The van der Waals surface area contributed by atoms with Gasteiger partial charge in [-0.25, -0.2) is 4.98 Å². The summed E-state index contributed by atoms with van der Waals surface area (Å²) in [6, 6.07) is 1.96. The first-order chi connectivity index (χ1) is 11.4. The van der Waals surface area contributed by atoms with Gasteiger partial charge in [0.2, 0.25) is 0 Å². The first kappa shape index (κ1) is 16.8. The Balaban J connectivity index is 1.65. The van der Waals surface area contributed by atoms with Gasteiger partial charge in [-0.3, -0.25) is 4.79 Å². The van der Waals surface area contributed by atoms with E-state index in [-0.39, 0.29) is 11.8 Å². The first-order valence-corrected chi connectivity index (χ1v) is 8.47. The number of likely N-dealkylation sites (tertiary alicyclic amines) is 1. The standard InChI is InChI=1S/C18H26N4O2/c1-12-11-15(13(2)21(12)4)18(24)22-8-5-14(6-9-22)16(23)17-19-7-10-20(17)3/h7,10-11,14,16,23H,5-6,8-9H2,1-4H3. The summed E-state index contributed by atoms with van der Waals surface area (Å²) in [4.78, 5) is 18.9. The number of amides is 1. The maximum absolute atomic E-state index is 12.8. The van der Waals surface area contributed by atoms with Gasteiger partial charge in [-0.05, 0) is 38.7 Å². The van der Waals surface area contributed by atoms with Crippen molar-refractivity contribution < 1.29 is 9.90 Å². The number of piperidine rings is 1. The summed E-state index contributed by atoms with van der Waals surface area (Å²) < 4.78 is 3.91. The number of aliphatic hydroxyl groups excluding tert-OH is 1. The fourth-order valence-electron chi connectivity index (χ4n) is 3.53. The molecule has 0 saturated carbocycles. The lowest BCUT2D eigenvalue weighted by molar-refractivity contribution is 0.0419. The molecule has 1 N–H and O–H groups in total. The van der Waals surface area contributed by atoms with Crippen LogP contribution in [0.4, 0.5) is 0 Å². The van der Waals surface area contributed by atoms with Crippen molar-refractivity contribution in [2.45, 2.75) is 32.8 Å². The average Bonchev–Trinajstić information content (AvgIpc) is 3.12. The van der Waals surface area contributed by atoms with Crippen molar-refractivity contribution in [2.24, 2.45) is 20.0 Å². The molecule has 3 rings (SSSR count). The molecule has 3 heterocycles. The molecule has 2 aromatic rings. The molecule has 24 heavy (non-hydrogen) atoms. The van der Waals surface area contributed by atoms with Crippen LogP contribution in [0.3, 0.4) is 0 Å². The highest BCUT2D eigenvalue weighted by atomic mass is 16.3. The van der Waals surface area contributed by atoms with E-state index in [0.717, 1.165) is 29.8 Å². The third-order valence-electron chi connectivity index (χ3n) is 5.40. The van der Waals surface area contributed by atoms with Crippen molar-refractivity contribution in [3.05, 3.63) is 41.2 Å². The lowest BCUT2D eigenvalue weighted by Gasteiger charge is -2.34. The molecule has 0 aromatic carbocycles. The fraction of sp³-hybridized carbons (Fsp3) is 0.556. The van der Waals surface area contributed by atoms with Crippen molar-refractivity contribution >= 4 is 5.91 Å². The summed E-state index contributed by atoms with van der Waals surface area (Å²) >= 11 is 0. The predicted octanol–water partition coefficient (Wildman–Crippen LogP) is 1.96. The number of carbonyl (C=O) groups is 1. The third kappa shape index (κ3) is 2.86. The number of hydrogen-bond acceptors (Lipinski definition) is 3. The van der Waals surface area contributed by atoms with Crippen LogP contribution in [0.25, 0.3) is 0 Å². The van der Waals surface area contributed by atoms with Crippen LogP contribution in [0.15, 0.2) is 18.5 Å². The Morgan fingerprint density at radius 2 is 1.96 bits per heavy atom. The van der Waals surface area contributed by atoms with Gasteiger partial charge in [0.05, 0.1) is 5.56 Å². The Bertz CT molecular complexity index is 738. The van der Waals surface area contributed by atoms with Crippen LogP contribution >= 0.6 is 0 Å². The highest BCUT2D eigenvalue weighted by Gasteiger charge is 2.31. The van der Waals surface area contributed by atoms with E-state index in [0.29, 0.717) is 18.9 Å². The topological polar surface area (TPSA) is 63.3 Å². The number of imidazole rings is 1. The Kier molecular flexibility index (Phi) is 4.49. The van der Waals surface area contributed by atoms with Crippen LogP contribution in [0.1, 0.15) is 46.5 Å². The second kappa shape index (κ2) is 6.43. The molecule has 1 aliphatic rings. The van der Waals surface area contributed by atoms with E-state index in [1.54, 1.807) is 6.20 Å². The van der Waals surface area contributed by atoms with Gasteiger partial charge in [-0.15, -0.1) is 0 Å². The maximum atomic E-state index is 12.8. The maximum Gasteiger partial charge on any atom is 0.255 e. The predicted molar refractivity (Wildman–Crippen MR) is 91.7 cm³/mol. The minimum Gasteiger partial charge on any atom is -0.385 e. The largest absolute Gasteiger partial charge is 0.385 e. The molecule has 0 bridgehead atoms. The Hall–Kier alpha value is -2.08. The summed E-state index contributed by atoms with van der Waals surface area (Å²) in [6.07, 6.45) is 4.58. The van der Waals surface area contributed by atoms with Crippen molar-refractivity contribution in [2.75, 3.05) is 13.1 Å². The number of aryl methyl sites for hydroxylation is 2. The summed E-state index contributed by atoms with van der Waals surface area (Å²) in [5.74, 6) is 0.948. The van der Waals surface area contributed by atoms with E-state index >= 15 is 0 Å². The van der Waals surface area contributed by atoms with Gasteiger partial charge in [0.1, 0.15) is 11.9 Å². The second-order valence-corrected chi connectivity index (χ2v) is 6.81. The highest BCUT2D eigenvalue weighted by Crippen LogP contribution is 2.30. The molecule has 0 aliphatic carbocycles. The SMILES string of the molecule is Cc1cc(C(=O)N2CCC(C(O)c3nccn3C)CC2)c(C)n1C. The van der Waals surface area contributed by atoms with E-state index in [2.05, 4.69) is 4.98 Å². The Morgan fingerprint density at radius 3 is 2.46 bits per heavy atom. The molecule has 6 nitrogen and oxygen atoms in total. The zero-order valence-electron chi connectivity index (χ0n) is 14.9. The monoisotopic (exact) mass is 330 g/mol. The van der Waals surface area contributed by atoms with E-state index in [4.69, 9.17) is 0 Å². The number of rotatable bonds is 3. The number of hydrogen-bond donors (Lipinski definition) is 1. The van der Waals surface area contributed by atoms with Gasteiger partial charge in [-0.2, -0.15) is 0 Å². The first-order valence-electron chi connectivity index (χ1n) is 8.47. The number of aromatic nitrogens is 3.